The van der Waals surface area contributed by atoms with Gasteiger partial charge in [-0.25, -0.2) is 8.42 Å². The van der Waals surface area contributed by atoms with Crippen LogP contribution in [-0.2, 0) is 16.6 Å². The Balaban J connectivity index is 1.66. The SMILES string of the molecule is CCN(CC1CCC1)S(=O)(=O)c1ccc(CNC2CC2)s1. The van der Waals surface area contributed by atoms with Crippen molar-refractivity contribution in [3.8, 4) is 0 Å². The van der Waals surface area contributed by atoms with Crippen LogP contribution in [0, 0.1) is 5.92 Å². The first-order chi connectivity index (χ1) is 10.1. The van der Waals surface area contributed by atoms with Gasteiger partial charge in [-0.15, -0.1) is 11.3 Å². The lowest BCUT2D eigenvalue weighted by Gasteiger charge is -2.30. The summed E-state index contributed by atoms with van der Waals surface area (Å²) in [6.45, 7) is 3.97. The highest BCUT2D eigenvalue weighted by molar-refractivity contribution is 7.91. The molecule has 0 aromatic carbocycles. The normalized spacial score (nSPS) is 19.9. The molecule has 4 nitrogen and oxygen atoms in total. The van der Waals surface area contributed by atoms with E-state index in [0.717, 1.165) is 11.4 Å². The van der Waals surface area contributed by atoms with E-state index in [-0.39, 0.29) is 0 Å². The van der Waals surface area contributed by atoms with Crippen LogP contribution < -0.4 is 5.32 Å². The Labute approximate surface area is 131 Å². The summed E-state index contributed by atoms with van der Waals surface area (Å²) in [7, 11) is -3.30. The molecule has 0 spiro atoms. The second kappa shape index (κ2) is 6.36. The highest BCUT2D eigenvalue weighted by atomic mass is 32.2. The van der Waals surface area contributed by atoms with Crippen LogP contribution in [0.25, 0.3) is 0 Å². The summed E-state index contributed by atoms with van der Waals surface area (Å²) in [5.41, 5.74) is 0. The van der Waals surface area contributed by atoms with Crippen molar-refractivity contribution in [2.24, 2.45) is 5.92 Å². The molecule has 0 amide bonds. The predicted octanol–water partition coefficient (Wildman–Crippen LogP) is 2.81. The Morgan fingerprint density at radius 2 is 2.05 bits per heavy atom. The lowest BCUT2D eigenvalue weighted by molar-refractivity contribution is 0.250. The van der Waals surface area contributed by atoms with E-state index in [2.05, 4.69) is 5.32 Å². The smallest absolute Gasteiger partial charge is 0.252 e. The summed E-state index contributed by atoms with van der Waals surface area (Å²) >= 11 is 1.41. The Hall–Kier alpha value is -0.430. The first kappa shape index (κ1) is 15.5. The molecular formula is C15H24N2O2S2. The number of hydrogen-bond acceptors (Lipinski definition) is 4. The van der Waals surface area contributed by atoms with Crippen LogP contribution in [0.5, 0.6) is 0 Å². The number of rotatable bonds is 8. The van der Waals surface area contributed by atoms with E-state index in [1.54, 1.807) is 10.4 Å². The zero-order valence-corrected chi connectivity index (χ0v) is 14.2. The van der Waals surface area contributed by atoms with Crippen molar-refractivity contribution in [3.63, 3.8) is 0 Å². The Morgan fingerprint density at radius 1 is 1.29 bits per heavy atom. The van der Waals surface area contributed by atoms with Crippen LogP contribution in [0.15, 0.2) is 16.3 Å². The minimum Gasteiger partial charge on any atom is -0.309 e. The Bertz CT molecular complexity index is 574. The first-order valence-corrected chi connectivity index (χ1v) is 10.2. The van der Waals surface area contributed by atoms with Gasteiger partial charge in [-0.2, -0.15) is 4.31 Å². The molecule has 2 saturated carbocycles. The quantitative estimate of drug-likeness (QED) is 0.798. The molecule has 0 atom stereocenters. The van der Waals surface area contributed by atoms with Gasteiger partial charge in [0, 0.05) is 30.6 Å². The summed E-state index contributed by atoms with van der Waals surface area (Å²) in [4.78, 5) is 1.11. The molecule has 1 aromatic heterocycles. The second-order valence-electron chi connectivity index (χ2n) is 6.13. The van der Waals surface area contributed by atoms with Gasteiger partial charge >= 0.3 is 0 Å². The average Bonchev–Trinajstić information content (AvgIpc) is 3.11. The molecule has 1 aromatic rings. The van der Waals surface area contributed by atoms with E-state index in [4.69, 9.17) is 0 Å². The van der Waals surface area contributed by atoms with E-state index in [1.165, 1.54) is 43.4 Å². The molecule has 0 aliphatic heterocycles. The zero-order chi connectivity index (χ0) is 14.9. The molecule has 2 fully saturated rings. The maximum absolute atomic E-state index is 12.7. The summed E-state index contributed by atoms with van der Waals surface area (Å²) in [6, 6.07) is 4.37. The van der Waals surface area contributed by atoms with Gasteiger partial charge in [0.1, 0.15) is 4.21 Å². The van der Waals surface area contributed by atoms with Gasteiger partial charge in [-0.1, -0.05) is 13.3 Å². The number of thiophene rings is 1. The third kappa shape index (κ3) is 3.67. The van der Waals surface area contributed by atoms with Crippen LogP contribution in [0.4, 0.5) is 0 Å². The van der Waals surface area contributed by atoms with Crippen molar-refractivity contribution < 1.29 is 8.42 Å². The number of nitrogens with one attached hydrogen (secondary N) is 1. The molecule has 1 heterocycles. The predicted molar refractivity (Wildman–Crippen MR) is 86.0 cm³/mol. The van der Waals surface area contributed by atoms with Crippen molar-refractivity contribution in [3.05, 3.63) is 17.0 Å². The van der Waals surface area contributed by atoms with Gasteiger partial charge in [-0.05, 0) is 43.7 Å². The summed E-state index contributed by atoms with van der Waals surface area (Å²) < 4.78 is 27.6. The van der Waals surface area contributed by atoms with Gasteiger partial charge < -0.3 is 5.32 Å². The fourth-order valence-electron chi connectivity index (χ4n) is 2.61. The van der Waals surface area contributed by atoms with Crippen LogP contribution in [0.1, 0.15) is 43.9 Å². The third-order valence-corrected chi connectivity index (χ3v) is 7.91. The van der Waals surface area contributed by atoms with Crippen molar-refractivity contribution in [1.29, 1.82) is 0 Å². The first-order valence-electron chi connectivity index (χ1n) is 7.92. The molecule has 1 N–H and O–H groups in total. The minimum atomic E-state index is -3.30. The van der Waals surface area contributed by atoms with Crippen molar-refractivity contribution in [2.75, 3.05) is 13.1 Å². The molecule has 3 rings (SSSR count). The standard InChI is InChI=1S/C15H24N2O2S2/c1-2-17(11-12-4-3-5-12)21(18,19)15-9-8-14(20-15)10-16-13-6-7-13/h8-9,12-13,16H,2-7,10-11H2,1H3. The fourth-order valence-corrected chi connectivity index (χ4v) is 5.60. The maximum Gasteiger partial charge on any atom is 0.252 e. The summed E-state index contributed by atoms with van der Waals surface area (Å²) in [5, 5.41) is 3.43. The van der Waals surface area contributed by atoms with E-state index < -0.39 is 10.0 Å². The lowest BCUT2D eigenvalue weighted by atomic mass is 9.85. The van der Waals surface area contributed by atoms with Crippen molar-refractivity contribution in [2.45, 2.75) is 55.8 Å². The molecule has 118 valence electrons. The molecule has 0 bridgehead atoms. The molecule has 0 unspecified atom stereocenters. The fraction of sp³-hybridized carbons (Fsp3) is 0.733. The molecule has 2 aliphatic rings. The van der Waals surface area contributed by atoms with Crippen molar-refractivity contribution >= 4 is 21.4 Å². The molecular weight excluding hydrogens is 304 g/mol. The molecule has 6 heteroatoms. The largest absolute Gasteiger partial charge is 0.309 e. The highest BCUT2D eigenvalue weighted by Crippen LogP contribution is 2.31. The second-order valence-corrected chi connectivity index (χ2v) is 9.46. The monoisotopic (exact) mass is 328 g/mol. The molecule has 0 saturated heterocycles. The van der Waals surface area contributed by atoms with E-state index in [9.17, 15) is 8.42 Å². The Kier molecular flexibility index (Phi) is 4.69. The Morgan fingerprint density at radius 3 is 2.62 bits per heavy atom. The maximum atomic E-state index is 12.7. The summed E-state index contributed by atoms with van der Waals surface area (Å²) in [5.74, 6) is 0.565. The van der Waals surface area contributed by atoms with Crippen LogP contribution in [0.3, 0.4) is 0 Å². The van der Waals surface area contributed by atoms with Gasteiger partial charge in [0.2, 0.25) is 0 Å². The third-order valence-electron chi connectivity index (χ3n) is 4.41. The molecule has 21 heavy (non-hydrogen) atoms. The number of sulfonamides is 1. The van der Waals surface area contributed by atoms with E-state index >= 15 is 0 Å². The van der Waals surface area contributed by atoms with Crippen molar-refractivity contribution in [1.82, 2.24) is 9.62 Å². The van der Waals surface area contributed by atoms with Gasteiger partial charge in [0.25, 0.3) is 10.0 Å². The summed E-state index contributed by atoms with van der Waals surface area (Å²) in [6.07, 6.45) is 6.10. The minimum absolute atomic E-state index is 0.497. The van der Waals surface area contributed by atoms with E-state index in [1.807, 2.05) is 13.0 Å². The number of hydrogen-bond donors (Lipinski definition) is 1. The molecule has 2 aliphatic carbocycles. The van der Waals surface area contributed by atoms with Gasteiger partial charge in [-0.3, -0.25) is 0 Å². The zero-order valence-electron chi connectivity index (χ0n) is 12.5. The van der Waals surface area contributed by atoms with Gasteiger partial charge in [0.15, 0.2) is 0 Å². The topological polar surface area (TPSA) is 49.4 Å². The molecule has 0 radical (unpaired) electrons. The van der Waals surface area contributed by atoms with Crippen LogP contribution in [-0.4, -0.2) is 31.9 Å². The van der Waals surface area contributed by atoms with Crippen LogP contribution in [0.2, 0.25) is 0 Å². The van der Waals surface area contributed by atoms with Crippen LogP contribution >= 0.6 is 11.3 Å². The van der Waals surface area contributed by atoms with Gasteiger partial charge in [0.05, 0.1) is 0 Å². The number of nitrogens with zero attached hydrogens (tertiary/aromatic N) is 1. The van der Waals surface area contributed by atoms with E-state index in [0.29, 0.717) is 29.3 Å². The lowest BCUT2D eigenvalue weighted by Crippen LogP contribution is -2.36. The highest BCUT2D eigenvalue weighted by Gasteiger charge is 2.29. The average molecular weight is 329 g/mol.